The van der Waals surface area contributed by atoms with Crippen LogP contribution in [0.25, 0.3) is 10.8 Å². The third-order valence-electron chi connectivity index (χ3n) is 4.52. The number of nitrogens with zero attached hydrogens (tertiary/aromatic N) is 2. The zero-order valence-electron chi connectivity index (χ0n) is 13.2. The summed E-state index contributed by atoms with van der Waals surface area (Å²) in [6, 6.07) is 2.08. The number of pyridine rings is 2. The highest BCUT2D eigenvalue weighted by molar-refractivity contribution is 5.90. The highest BCUT2D eigenvalue weighted by atomic mass is 16.5. The van der Waals surface area contributed by atoms with E-state index in [1.165, 1.54) is 0 Å². The maximum Gasteiger partial charge on any atom is 0.223 e. The highest BCUT2D eigenvalue weighted by Gasteiger charge is 2.41. The highest BCUT2D eigenvalue weighted by Crippen LogP contribution is 2.41. The third-order valence-corrected chi connectivity index (χ3v) is 4.52. The van der Waals surface area contributed by atoms with Crippen molar-refractivity contribution in [3.05, 3.63) is 29.7 Å². The minimum Gasteiger partial charge on any atom is -0.471 e. The van der Waals surface area contributed by atoms with Crippen molar-refractivity contribution in [2.75, 3.05) is 0 Å². The molecular formula is C17H23N3O. The van der Waals surface area contributed by atoms with Crippen LogP contribution in [0.4, 0.5) is 0 Å². The molecule has 2 aromatic rings. The molecule has 1 aliphatic carbocycles. The van der Waals surface area contributed by atoms with Crippen LogP contribution in [-0.4, -0.2) is 15.6 Å². The molecule has 1 aliphatic rings. The summed E-state index contributed by atoms with van der Waals surface area (Å²) in [4.78, 5) is 8.94. The molecule has 0 aliphatic heterocycles. The van der Waals surface area contributed by atoms with Crippen molar-refractivity contribution in [2.24, 2.45) is 5.73 Å². The van der Waals surface area contributed by atoms with Crippen molar-refractivity contribution in [2.45, 2.75) is 58.1 Å². The van der Waals surface area contributed by atoms with Crippen molar-refractivity contribution in [1.82, 2.24) is 9.97 Å². The smallest absolute Gasteiger partial charge is 0.223 e. The second kappa shape index (κ2) is 4.67. The molecule has 0 saturated heterocycles. The van der Waals surface area contributed by atoms with Crippen LogP contribution in [0.2, 0.25) is 0 Å². The van der Waals surface area contributed by atoms with Gasteiger partial charge in [0, 0.05) is 23.6 Å². The monoisotopic (exact) mass is 285 g/mol. The normalized spacial score (nSPS) is 19.3. The number of rotatable bonds is 4. The molecule has 4 heteroatoms. The summed E-state index contributed by atoms with van der Waals surface area (Å²) in [6.07, 6.45) is 6.74. The third kappa shape index (κ3) is 2.60. The predicted molar refractivity (Wildman–Crippen MR) is 84.4 cm³/mol. The molecule has 0 radical (unpaired) electrons. The van der Waals surface area contributed by atoms with E-state index in [4.69, 9.17) is 10.5 Å². The van der Waals surface area contributed by atoms with Gasteiger partial charge in [0.05, 0.1) is 5.39 Å². The van der Waals surface area contributed by atoms with Crippen LogP contribution in [0.3, 0.4) is 0 Å². The summed E-state index contributed by atoms with van der Waals surface area (Å²) in [5.74, 6) is 0.674. The Morgan fingerprint density at radius 3 is 2.62 bits per heavy atom. The van der Waals surface area contributed by atoms with Gasteiger partial charge in [0.15, 0.2) is 0 Å². The lowest BCUT2D eigenvalue weighted by molar-refractivity contribution is 0.194. The largest absolute Gasteiger partial charge is 0.471 e. The van der Waals surface area contributed by atoms with Crippen LogP contribution in [0.1, 0.15) is 51.3 Å². The molecule has 21 heavy (non-hydrogen) atoms. The van der Waals surface area contributed by atoms with Gasteiger partial charge >= 0.3 is 0 Å². The summed E-state index contributed by atoms with van der Waals surface area (Å²) < 4.78 is 6.08. The first-order chi connectivity index (χ1) is 9.85. The van der Waals surface area contributed by atoms with Gasteiger partial charge in [0.1, 0.15) is 5.60 Å². The summed E-state index contributed by atoms with van der Waals surface area (Å²) in [7, 11) is 0. The van der Waals surface area contributed by atoms with E-state index in [0.717, 1.165) is 41.3 Å². The average molecular weight is 285 g/mol. The van der Waals surface area contributed by atoms with Gasteiger partial charge in [-0.05, 0) is 57.0 Å². The van der Waals surface area contributed by atoms with E-state index < -0.39 is 5.54 Å². The van der Waals surface area contributed by atoms with Gasteiger partial charge in [0.25, 0.3) is 0 Å². The van der Waals surface area contributed by atoms with Gasteiger partial charge < -0.3 is 10.5 Å². The van der Waals surface area contributed by atoms with Gasteiger partial charge in [-0.2, -0.15) is 0 Å². The summed E-state index contributed by atoms with van der Waals surface area (Å²) >= 11 is 0. The van der Waals surface area contributed by atoms with E-state index >= 15 is 0 Å². The van der Waals surface area contributed by atoms with E-state index in [-0.39, 0.29) is 5.60 Å². The zero-order valence-corrected chi connectivity index (χ0v) is 13.2. The summed E-state index contributed by atoms with van der Waals surface area (Å²) in [6.45, 7) is 8.25. The summed E-state index contributed by atoms with van der Waals surface area (Å²) in [5, 5.41) is 2.06. The Kier molecular flexibility index (Phi) is 3.17. The van der Waals surface area contributed by atoms with E-state index in [1.54, 1.807) is 0 Å². The second-order valence-electron chi connectivity index (χ2n) is 6.67. The Balaban J connectivity index is 2.18. The molecule has 0 spiro atoms. The van der Waals surface area contributed by atoms with Crippen LogP contribution in [-0.2, 0) is 5.54 Å². The van der Waals surface area contributed by atoms with Gasteiger partial charge in [-0.3, -0.25) is 4.98 Å². The number of ether oxygens (including phenoxy) is 1. The molecule has 1 atom stereocenters. The fourth-order valence-corrected chi connectivity index (χ4v) is 2.45. The molecule has 2 N–H and O–H groups in total. The quantitative estimate of drug-likeness (QED) is 0.934. The molecule has 2 aromatic heterocycles. The Morgan fingerprint density at radius 2 is 2.00 bits per heavy atom. The number of aryl methyl sites for hydroxylation is 1. The van der Waals surface area contributed by atoms with E-state index in [9.17, 15) is 0 Å². The second-order valence-corrected chi connectivity index (χ2v) is 6.67. The minimum absolute atomic E-state index is 0.0525. The molecule has 2 heterocycles. The van der Waals surface area contributed by atoms with E-state index in [2.05, 4.69) is 29.9 Å². The van der Waals surface area contributed by atoms with Crippen LogP contribution in [0.5, 0.6) is 5.88 Å². The first kappa shape index (κ1) is 14.3. The SMILES string of the molecule is CCC(C)(N)c1cnc(OC2(C)CC2)c2cnc(C)cc12. The topological polar surface area (TPSA) is 61.0 Å². The fraction of sp³-hybridized carbons (Fsp3) is 0.529. The molecule has 1 fully saturated rings. The van der Waals surface area contributed by atoms with E-state index in [0.29, 0.717) is 5.88 Å². The first-order valence-electron chi connectivity index (χ1n) is 7.58. The number of hydrogen-bond acceptors (Lipinski definition) is 4. The Hall–Kier alpha value is -1.68. The van der Waals surface area contributed by atoms with E-state index in [1.807, 2.05) is 26.2 Å². The van der Waals surface area contributed by atoms with Crippen molar-refractivity contribution in [3.63, 3.8) is 0 Å². The number of hydrogen-bond donors (Lipinski definition) is 1. The van der Waals surface area contributed by atoms with Crippen LogP contribution < -0.4 is 10.5 Å². The first-order valence-corrected chi connectivity index (χ1v) is 7.58. The molecule has 0 bridgehead atoms. The Morgan fingerprint density at radius 1 is 1.29 bits per heavy atom. The molecule has 1 saturated carbocycles. The fourth-order valence-electron chi connectivity index (χ4n) is 2.45. The van der Waals surface area contributed by atoms with Crippen LogP contribution >= 0.6 is 0 Å². The Labute approximate surface area is 125 Å². The number of nitrogens with two attached hydrogens (primary N) is 1. The van der Waals surface area contributed by atoms with Crippen LogP contribution in [0, 0.1) is 6.92 Å². The lowest BCUT2D eigenvalue weighted by Crippen LogP contribution is -2.32. The van der Waals surface area contributed by atoms with Gasteiger partial charge in [-0.1, -0.05) is 6.92 Å². The standard InChI is InChI=1S/C17H23N3O/c1-5-17(4,18)14-10-20-15(21-16(3)6-7-16)13-9-19-11(2)8-12(13)14/h8-10H,5-7,18H2,1-4H3. The number of fused-ring (bicyclic) bond motifs is 1. The molecule has 3 rings (SSSR count). The lowest BCUT2D eigenvalue weighted by atomic mass is 9.88. The average Bonchev–Trinajstić information content (AvgIpc) is 3.16. The minimum atomic E-state index is -0.402. The van der Waals surface area contributed by atoms with Crippen molar-refractivity contribution < 1.29 is 4.74 Å². The maximum atomic E-state index is 6.44. The molecule has 1 unspecified atom stereocenters. The maximum absolute atomic E-state index is 6.44. The van der Waals surface area contributed by atoms with Crippen molar-refractivity contribution in [1.29, 1.82) is 0 Å². The lowest BCUT2D eigenvalue weighted by Gasteiger charge is -2.25. The van der Waals surface area contributed by atoms with Crippen molar-refractivity contribution >= 4 is 10.8 Å². The summed E-state index contributed by atoms with van der Waals surface area (Å²) in [5.41, 5.74) is 8.02. The van der Waals surface area contributed by atoms with Crippen LogP contribution in [0.15, 0.2) is 18.5 Å². The Bertz CT molecular complexity index is 690. The van der Waals surface area contributed by atoms with Gasteiger partial charge in [0.2, 0.25) is 5.88 Å². The predicted octanol–water partition coefficient (Wildman–Crippen LogP) is 3.45. The zero-order chi connectivity index (χ0) is 15.3. The van der Waals surface area contributed by atoms with Crippen molar-refractivity contribution in [3.8, 4) is 5.88 Å². The van der Waals surface area contributed by atoms with Gasteiger partial charge in [-0.25, -0.2) is 4.98 Å². The molecule has 4 nitrogen and oxygen atoms in total. The molecule has 0 aromatic carbocycles. The molecular weight excluding hydrogens is 262 g/mol. The number of aromatic nitrogens is 2. The van der Waals surface area contributed by atoms with Gasteiger partial charge in [-0.15, -0.1) is 0 Å². The molecule has 112 valence electrons. The molecule has 0 amide bonds.